The van der Waals surface area contributed by atoms with Crippen molar-refractivity contribution in [3.05, 3.63) is 18.0 Å². The summed E-state index contributed by atoms with van der Waals surface area (Å²) in [4.78, 5) is 2.26. The standard InChI is InChI=1S/C14H28N4/c1-11(2)18-9-8-12(16-18)10-13(15-5)14(3,4)17(6)7/h8-9,11,13,15H,10H2,1-7H3. The fraction of sp³-hybridized carbons (Fsp3) is 0.786. The van der Waals surface area contributed by atoms with Gasteiger partial charge in [0.2, 0.25) is 0 Å². The third-order valence-electron chi connectivity index (χ3n) is 3.96. The molecular formula is C14H28N4. The SMILES string of the molecule is CNC(Cc1ccn(C(C)C)n1)C(C)(C)N(C)C. The lowest BCUT2D eigenvalue weighted by Crippen LogP contribution is -2.55. The van der Waals surface area contributed by atoms with Gasteiger partial charge in [-0.1, -0.05) is 0 Å². The summed E-state index contributed by atoms with van der Waals surface area (Å²) >= 11 is 0. The zero-order valence-electron chi connectivity index (χ0n) is 12.9. The van der Waals surface area contributed by atoms with Gasteiger partial charge in [0.15, 0.2) is 0 Å². The zero-order valence-corrected chi connectivity index (χ0v) is 12.9. The van der Waals surface area contributed by atoms with E-state index in [2.05, 4.69) is 69.4 Å². The number of rotatable bonds is 6. The van der Waals surface area contributed by atoms with Gasteiger partial charge in [0.1, 0.15) is 0 Å². The van der Waals surface area contributed by atoms with Gasteiger partial charge in [-0.05, 0) is 54.9 Å². The Morgan fingerprint density at radius 3 is 2.39 bits per heavy atom. The second-order valence-corrected chi connectivity index (χ2v) is 5.97. The minimum atomic E-state index is 0.0936. The summed E-state index contributed by atoms with van der Waals surface area (Å²) in [5.41, 5.74) is 1.24. The molecule has 0 spiro atoms. The summed E-state index contributed by atoms with van der Waals surface area (Å²) in [7, 11) is 6.27. The summed E-state index contributed by atoms with van der Waals surface area (Å²) in [6.07, 6.45) is 3.01. The van der Waals surface area contributed by atoms with Gasteiger partial charge in [-0.15, -0.1) is 0 Å². The van der Waals surface area contributed by atoms with Gasteiger partial charge in [-0.3, -0.25) is 4.68 Å². The zero-order chi connectivity index (χ0) is 13.9. The Kier molecular flexibility index (Phi) is 4.93. The maximum Gasteiger partial charge on any atom is 0.0640 e. The van der Waals surface area contributed by atoms with Gasteiger partial charge >= 0.3 is 0 Å². The Morgan fingerprint density at radius 1 is 1.39 bits per heavy atom. The Hall–Kier alpha value is -0.870. The quantitative estimate of drug-likeness (QED) is 0.840. The maximum absolute atomic E-state index is 4.63. The fourth-order valence-electron chi connectivity index (χ4n) is 2.00. The lowest BCUT2D eigenvalue weighted by molar-refractivity contribution is 0.141. The third kappa shape index (κ3) is 3.33. The molecule has 0 amide bonds. The first-order valence-electron chi connectivity index (χ1n) is 6.67. The van der Waals surface area contributed by atoms with Gasteiger partial charge in [-0.2, -0.15) is 5.10 Å². The first kappa shape index (κ1) is 15.2. The number of aromatic nitrogens is 2. The summed E-state index contributed by atoms with van der Waals surface area (Å²) in [5.74, 6) is 0. The van der Waals surface area contributed by atoms with E-state index in [0.717, 1.165) is 12.1 Å². The first-order chi connectivity index (χ1) is 8.28. The Labute approximate surface area is 111 Å². The van der Waals surface area contributed by atoms with Crippen LogP contribution in [0.15, 0.2) is 12.3 Å². The lowest BCUT2D eigenvalue weighted by Gasteiger charge is -2.40. The van der Waals surface area contributed by atoms with Crippen molar-refractivity contribution in [1.29, 1.82) is 0 Å². The van der Waals surface area contributed by atoms with Crippen LogP contribution in [0.1, 0.15) is 39.4 Å². The van der Waals surface area contributed by atoms with Crippen LogP contribution in [-0.2, 0) is 6.42 Å². The van der Waals surface area contributed by atoms with Crippen LogP contribution >= 0.6 is 0 Å². The van der Waals surface area contributed by atoms with Gasteiger partial charge < -0.3 is 10.2 Å². The molecule has 1 aromatic heterocycles. The van der Waals surface area contributed by atoms with E-state index in [0.29, 0.717) is 12.1 Å². The second-order valence-electron chi connectivity index (χ2n) is 5.97. The molecule has 1 atom stereocenters. The molecule has 0 bridgehead atoms. The molecule has 0 aliphatic rings. The molecule has 0 saturated carbocycles. The van der Waals surface area contributed by atoms with E-state index in [1.165, 1.54) is 0 Å². The van der Waals surface area contributed by atoms with E-state index in [-0.39, 0.29) is 5.54 Å². The molecule has 104 valence electrons. The average Bonchev–Trinajstić information content (AvgIpc) is 2.73. The van der Waals surface area contributed by atoms with Gasteiger partial charge in [0.25, 0.3) is 0 Å². The smallest absolute Gasteiger partial charge is 0.0640 e. The van der Waals surface area contributed by atoms with Crippen LogP contribution in [0.25, 0.3) is 0 Å². The molecule has 0 fully saturated rings. The highest BCUT2D eigenvalue weighted by molar-refractivity contribution is 5.06. The number of likely N-dealkylation sites (N-methyl/N-ethyl adjacent to an activating group) is 2. The summed E-state index contributed by atoms with van der Waals surface area (Å²) in [5, 5.41) is 8.05. The van der Waals surface area contributed by atoms with Crippen molar-refractivity contribution in [2.24, 2.45) is 0 Å². The number of nitrogens with zero attached hydrogens (tertiary/aromatic N) is 3. The van der Waals surface area contributed by atoms with Crippen LogP contribution in [0.2, 0.25) is 0 Å². The van der Waals surface area contributed by atoms with E-state index < -0.39 is 0 Å². The van der Waals surface area contributed by atoms with Gasteiger partial charge in [-0.25, -0.2) is 0 Å². The second kappa shape index (κ2) is 5.85. The highest BCUT2D eigenvalue weighted by Gasteiger charge is 2.30. The lowest BCUT2D eigenvalue weighted by atomic mass is 9.90. The van der Waals surface area contributed by atoms with Crippen molar-refractivity contribution in [3.63, 3.8) is 0 Å². The molecule has 1 rings (SSSR count). The highest BCUT2D eigenvalue weighted by atomic mass is 15.3. The summed E-state index contributed by atoms with van der Waals surface area (Å²) in [6.45, 7) is 8.81. The molecule has 0 aliphatic carbocycles. The van der Waals surface area contributed by atoms with Crippen LogP contribution in [-0.4, -0.2) is 47.4 Å². The Bertz CT molecular complexity index is 366. The van der Waals surface area contributed by atoms with E-state index >= 15 is 0 Å². The molecule has 4 nitrogen and oxygen atoms in total. The highest BCUT2D eigenvalue weighted by Crippen LogP contribution is 2.19. The minimum Gasteiger partial charge on any atom is -0.315 e. The molecule has 1 heterocycles. The van der Waals surface area contributed by atoms with Crippen molar-refractivity contribution < 1.29 is 0 Å². The minimum absolute atomic E-state index is 0.0936. The molecule has 0 radical (unpaired) electrons. The number of hydrogen-bond donors (Lipinski definition) is 1. The van der Waals surface area contributed by atoms with Crippen LogP contribution in [0, 0.1) is 0 Å². The predicted molar refractivity (Wildman–Crippen MR) is 76.9 cm³/mol. The monoisotopic (exact) mass is 252 g/mol. The fourth-order valence-corrected chi connectivity index (χ4v) is 2.00. The Morgan fingerprint density at radius 2 is 2.00 bits per heavy atom. The molecule has 1 unspecified atom stereocenters. The summed E-state index contributed by atoms with van der Waals surface area (Å²) in [6, 6.07) is 2.92. The van der Waals surface area contributed by atoms with E-state index in [4.69, 9.17) is 0 Å². The molecular weight excluding hydrogens is 224 g/mol. The molecule has 0 aliphatic heterocycles. The Balaban J connectivity index is 2.79. The molecule has 0 saturated heterocycles. The van der Waals surface area contributed by atoms with Crippen molar-refractivity contribution >= 4 is 0 Å². The van der Waals surface area contributed by atoms with Crippen LogP contribution in [0.4, 0.5) is 0 Å². The first-order valence-corrected chi connectivity index (χ1v) is 6.67. The van der Waals surface area contributed by atoms with Crippen molar-refractivity contribution in [3.8, 4) is 0 Å². The molecule has 18 heavy (non-hydrogen) atoms. The van der Waals surface area contributed by atoms with E-state index in [1.807, 2.05) is 11.7 Å². The van der Waals surface area contributed by atoms with Crippen LogP contribution < -0.4 is 5.32 Å². The van der Waals surface area contributed by atoms with E-state index in [1.54, 1.807) is 0 Å². The predicted octanol–water partition coefficient (Wildman–Crippen LogP) is 1.93. The van der Waals surface area contributed by atoms with Crippen molar-refractivity contribution in [2.45, 2.75) is 51.7 Å². The largest absolute Gasteiger partial charge is 0.315 e. The average molecular weight is 252 g/mol. The normalized spacial score (nSPS) is 14.5. The van der Waals surface area contributed by atoms with Gasteiger partial charge in [0.05, 0.1) is 5.69 Å². The number of nitrogens with one attached hydrogen (secondary N) is 1. The molecule has 1 N–H and O–H groups in total. The number of hydrogen-bond acceptors (Lipinski definition) is 3. The summed E-state index contributed by atoms with van der Waals surface area (Å²) < 4.78 is 2.02. The van der Waals surface area contributed by atoms with Crippen LogP contribution in [0.5, 0.6) is 0 Å². The molecule has 1 aromatic rings. The van der Waals surface area contributed by atoms with Crippen molar-refractivity contribution in [1.82, 2.24) is 20.0 Å². The van der Waals surface area contributed by atoms with Crippen LogP contribution in [0.3, 0.4) is 0 Å². The van der Waals surface area contributed by atoms with Gasteiger partial charge in [0, 0.05) is 30.2 Å². The van der Waals surface area contributed by atoms with Crippen molar-refractivity contribution in [2.75, 3.05) is 21.1 Å². The maximum atomic E-state index is 4.63. The topological polar surface area (TPSA) is 33.1 Å². The molecule has 0 aromatic carbocycles. The molecule has 4 heteroatoms. The third-order valence-corrected chi connectivity index (χ3v) is 3.96. The van der Waals surface area contributed by atoms with E-state index in [9.17, 15) is 0 Å².